The standard InChI is InChI=1S/C11H16N2O2/c1-4-7(2)12-10-6-9(11(14)15)5-8(3)13-10/h5-7H,4H2,1-3H3,(H,12,13)(H,14,15). The Morgan fingerprint density at radius 2 is 2.27 bits per heavy atom. The molecule has 1 aromatic rings. The van der Waals surface area contributed by atoms with Crippen molar-refractivity contribution in [2.45, 2.75) is 33.2 Å². The zero-order chi connectivity index (χ0) is 11.4. The molecule has 0 amide bonds. The fraction of sp³-hybridized carbons (Fsp3) is 0.455. The first-order valence-electron chi connectivity index (χ1n) is 5.01. The summed E-state index contributed by atoms with van der Waals surface area (Å²) in [6.45, 7) is 5.88. The molecule has 0 aromatic carbocycles. The molecule has 0 aliphatic carbocycles. The van der Waals surface area contributed by atoms with Crippen molar-refractivity contribution in [3.8, 4) is 0 Å². The van der Waals surface area contributed by atoms with Crippen LogP contribution in [0.3, 0.4) is 0 Å². The highest BCUT2D eigenvalue weighted by molar-refractivity contribution is 5.88. The molecule has 0 saturated heterocycles. The molecule has 1 unspecified atom stereocenters. The summed E-state index contributed by atoms with van der Waals surface area (Å²) in [5.41, 5.74) is 0.981. The van der Waals surface area contributed by atoms with Crippen LogP contribution in [0, 0.1) is 6.92 Å². The van der Waals surface area contributed by atoms with E-state index in [1.165, 1.54) is 0 Å². The van der Waals surface area contributed by atoms with Crippen LogP contribution in [0.1, 0.15) is 36.3 Å². The van der Waals surface area contributed by atoms with Gasteiger partial charge in [0.25, 0.3) is 0 Å². The number of pyridine rings is 1. The monoisotopic (exact) mass is 208 g/mol. The van der Waals surface area contributed by atoms with Gasteiger partial charge in [0.15, 0.2) is 0 Å². The number of rotatable bonds is 4. The molecule has 4 heteroatoms. The quantitative estimate of drug-likeness (QED) is 0.797. The Hall–Kier alpha value is -1.58. The molecule has 0 aliphatic rings. The van der Waals surface area contributed by atoms with Crippen LogP contribution in [0.5, 0.6) is 0 Å². The van der Waals surface area contributed by atoms with E-state index in [-0.39, 0.29) is 5.56 Å². The summed E-state index contributed by atoms with van der Waals surface area (Å²) < 4.78 is 0. The first kappa shape index (κ1) is 11.5. The topological polar surface area (TPSA) is 62.2 Å². The van der Waals surface area contributed by atoms with Gasteiger partial charge < -0.3 is 10.4 Å². The van der Waals surface area contributed by atoms with Crippen molar-refractivity contribution in [2.75, 3.05) is 5.32 Å². The Bertz CT molecular complexity index is 364. The van der Waals surface area contributed by atoms with Gasteiger partial charge in [-0.15, -0.1) is 0 Å². The lowest BCUT2D eigenvalue weighted by Crippen LogP contribution is -2.15. The maximum atomic E-state index is 10.8. The van der Waals surface area contributed by atoms with E-state index in [4.69, 9.17) is 5.11 Å². The van der Waals surface area contributed by atoms with Gasteiger partial charge in [-0.1, -0.05) is 6.92 Å². The molecular weight excluding hydrogens is 192 g/mol. The summed E-state index contributed by atoms with van der Waals surface area (Å²) >= 11 is 0. The molecule has 0 aliphatic heterocycles. The largest absolute Gasteiger partial charge is 0.478 e. The lowest BCUT2D eigenvalue weighted by atomic mass is 10.2. The number of nitrogens with zero attached hydrogens (tertiary/aromatic N) is 1. The predicted molar refractivity (Wildman–Crippen MR) is 59.3 cm³/mol. The molecule has 0 spiro atoms. The van der Waals surface area contributed by atoms with Crippen molar-refractivity contribution in [2.24, 2.45) is 0 Å². The third kappa shape index (κ3) is 3.23. The van der Waals surface area contributed by atoms with Crippen LogP contribution in [0.2, 0.25) is 0 Å². The van der Waals surface area contributed by atoms with Gasteiger partial charge >= 0.3 is 5.97 Å². The molecule has 1 aromatic heterocycles. The molecule has 0 radical (unpaired) electrons. The Balaban J connectivity index is 2.93. The van der Waals surface area contributed by atoms with Crippen molar-refractivity contribution in [1.82, 2.24) is 4.98 Å². The van der Waals surface area contributed by atoms with Crippen molar-refractivity contribution < 1.29 is 9.90 Å². The molecule has 1 rings (SSSR count). The highest BCUT2D eigenvalue weighted by atomic mass is 16.4. The minimum atomic E-state index is -0.923. The van der Waals surface area contributed by atoms with Crippen LogP contribution >= 0.6 is 0 Å². The molecule has 0 saturated carbocycles. The SMILES string of the molecule is CCC(C)Nc1cc(C(=O)O)cc(C)n1. The molecule has 15 heavy (non-hydrogen) atoms. The van der Waals surface area contributed by atoms with Gasteiger partial charge in [0, 0.05) is 11.7 Å². The van der Waals surface area contributed by atoms with Gasteiger partial charge in [0.1, 0.15) is 5.82 Å². The number of carboxylic acid groups (broad SMARTS) is 1. The summed E-state index contributed by atoms with van der Waals surface area (Å²) in [6, 6.07) is 3.41. The minimum absolute atomic E-state index is 0.272. The fourth-order valence-corrected chi connectivity index (χ4v) is 1.22. The first-order chi connectivity index (χ1) is 7.02. The molecule has 0 bridgehead atoms. The van der Waals surface area contributed by atoms with E-state index in [2.05, 4.69) is 17.2 Å². The Kier molecular flexibility index (Phi) is 3.66. The Morgan fingerprint density at radius 1 is 1.60 bits per heavy atom. The molecule has 2 N–H and O–H groups in total. The van der Waals surface area contributed by atoms with E-state index in [0.29, 0.717) is 17.6 Å². The van der Waals surface area contributed by atoms with E-state index < -0.39 is 5.97 Å². The molecule has 0 fully saturated rings. The van der Waals surface area contributed by atoms with Crippen LogP contribution in [-0.2, 0) is 0 Å². The zero-order valence-electron chi connectivity index (χ0n) is 9.24. The molecular formula is C11H16N2O2. The smallest absolute Gasteiger partial charge is 0.335 e. The van der Waals surface area contributed by atoms with Crippen molar-refractivity contribution in [3.05, 3.63) is 23.4 Å². The van der Waals surface area contributed by atoms with Crippen LogP contribution < -0.4 is 5.32 Å². The summed E-state index contributed by atoms with van der Waals surface area (Å²) in [6.07, 6.45) is 0.970. The maximum absolute atomic E-state index is 10.8. The molecule has 4 nitrogen and oxygen atoms in total. The summed E-state index contributed by atoms with van der Waals surface area (Å²) in [5.74, 6) is -0.297. The van der Waals surface area contributed by atoms with Crippen molar-refractivity contribution in [3.63, 3.8) is 0 Å². The van der Waals surface area contributed by atoms with Gasteiger partial charge in [-0.05, 0) is 32.4 Å². The molecule has 1 atom stereocenters. The Labute approximate surface area is 89.3 Å². The summed E-state index contributed by atoms with van der Waals surface area (Å²) in [4.78, 5) is 15.0. The Morgan fingerprint density at radius 3 is 2.80 bits per heavy atom. The van der Waals surface area contributed by atoms with Gasteiger partial charge in [-0.2, -0.15) is 0 Å². The highest BCUT2D eigenvalue weighted by Crippen LogP contribution is 2.11. The van der Waals surface area contributed by atoms with Gasteiger partial charge in [-0.3, -0.25) is 0 Å². The molecule has 1 heterocycles. The first-order valence-corrected chi connectivity index (χ1v) is 5.01. The van der Waals surface area contributed by atoms with E-state index in [9.17, 15) is 4.79 Å². The number of anilines is 1. The normalized spacial score (nSPS) is 12.2. The number of hydrogen-bond donors (Lipinski definition) is 2. The number of aromatic nitrogens is 1. The van der Waals surface area contributed by atoms with E-state index >= 15 is 0 Å². The third-order valence-electron chi connectivity index (χ3n) is 2.21. The fourth-order valence-electron chi connectivity index (χ4n) is 1.22. The second-order valence-corrected chi connectivity index (χ2v) is 3.64. The summed E-state index contributed by atoms with van der Waals surface area (Å²) in [7, 11) is 0. The van der Waals surface area contributed by atoms with Crippen LogP contribution in [-0.4, -0.2) is 22.1 Å². The van der Waals surface area contributed by atoms with Crippen LogP contribution in [0.15, 0.2) is 12.1 Å². The van der Waals surface area contributed by atoms with Gasteiger partial charge in [0.05, 0.1) is 5.56 Å². The number of hydrogen-bond acceptors (Lipinski definition) is 3. The van der Waals surface area contributed by atoms with Gasteiger partial charge in [-0.25, -0.2) is 9.78 Å². The number of nitrogens with one attached hydrogen (secondary N) is 1. The average molecular weight is 208 g/mol. The van der Waals surface area contributed by atoms with E-state index in [1.807, 2.05) is 6.92 Å². The number of carbonyl (C=O) groups is 1. The summed E-state index contributed by atoms with van der Waals surface area (Å²) in [5, 5.41) is 12.0. The van der Waals surface area contributed by atoms with E-state index in [0.717, 1.165) is 6.42 Å². The second kappa shape index (κ2) is 4.77. The molecule has 82 valence electrons. The average Bonchev–Trinajstić information content (AvgIpc) is 2.16. The third-order valence-corrected chi connectivity index (χ3v) is 2.21. The minimum Gasteiger partial charge on any atom is -0.478 e. The highest BCUT2D eigenvalue weighted by Gasteiger charge is 2.07. The number of aryl methyl sites for hydroxylation is 1. The lowest BCUT2D eigenvalue weighted by Gasteiger charge is -2.12. The van der Waals surface area contributed by atoms with Crippen LogP contribution in [0.25, 0.3) is 0 Å². The maximum Gasteiger partial charge on any atom is 0.335 e. The zero-order valence-corrected chi connectivity index (χ0v) is 9.24. The van der Waals surface area contributed by atoms with Gasteiger partial charge in [0.2, 0.25) is 0 Å². The van der Waals surface area contributed by atoms with Crippen molar-refractivity contribution in [1.29, 1.82) is 0 Å². The second-order valence-electron chi connectivity index (χ2n) is 3.64. The van der Waals surface area contributed by atoms with Crippen molar-refractivity contribution >= 4 is 11.8 Å². The lowest BCUT2D eigenvalue weighted by molar-refractivity contribution is 0.0696. The number of aromatic carboxylic acids is 1. The van der Waals surface area contributed by atoms with Crippen LogP contribution in [0.4, 0.5) is 5.82 Å². The predicted octanol–water partition coefficient (Wildman–Crippen LogP) is 2.30. The van der Waals surface area contributed by atoms with E-state index in [1.54, 1.807) is 19.1 Å². The number of carboxylic acids is 1.